The van der Waals surface area contributed by atoms with Crippen LogP contribution in [0.1, 0.15) is 38.7 Å². The Hall–Kier alpha value is -0.870. The van der Waals surface area contributed by atoms with Gasteiger partial charge in [-0.1, -0.05) is 51.1 Å². The molecule has 160 valence electrons. The molecule has 0 spiro atoms. The number of aliphatic imine (C=N–C) groups is 1. The van der Waals surface area contributed by atoms with Crippen molar-refractivity contribution in [2.45, 2.75) is 33.1 Å². The molecule has 0 saturated carbocycles. The summed E-state index contributed by atoms with van der Waals surface area (Å²) in [6.07, 6.45) is 1.07. The highest BCUT2D eigenvalue weighted by Gasteiger charge is 2.28. The van der Waals surface area contributed by atoms with Crippen molar-refractivity contribution < 1.29 is 8.42 Å². The van der Waals surface area contributed by atoms with Gasteiger partial charge in [-0.3, -0.25) is 4.99 Å². The van der Waals surface area contributed by atoms with E-state index in [4.69, 9.17) is 0 Å². The molecule has 0 radical (unpaired) electrons. The Bertz CT molecular complexity index is 708. The van der Waals surface area contributed by atoms with E-state index < -0.39 is 10.0 Å². The number of nitrogens with one attached hydrogen (secondary N) is 1. The maximum absolute atomic E-state index is 12.3. The third-order valence-corrected chi connectivity index (χ3v) is 7.41. The van der Waals surface area contributed by atoms with Gasteiger partial charge < -0.3 is 10.2 Å². The fraction of sp³-hybridized carbons (Fsp3) is 0.650. The molecule has 1 saturated heterocycles. The summed E-state index contributed by atoms with van der Waals surface area (Å²) in [4.78, 5) is 6.62. The second kappa shape index (κ2) is 12.0. The highest BCUT2D eigenvalue weighted by Crippen LogP contribution is 2.32. The van der Waals surface area contributed by atoms with Crippen LogP contribution in [0.3, 0.4) is 0 Å². The quantitative estimate of drug-likeness (QED) is 0.340. The number of sulfonamides is 1. The van der Waals surface area contributed by atoms with Crippen molar-refractivity contribution in [3.05, 3.63) is 35.9 Å². The summed E-state index contributed by atoms with van der Waals surface area (Å²) in [5, 5.41) is 3.24. The maximum atomic E-state index is 12.3. The first kappa shape index (κ1) is 25.2. The lowest BCUT2D eigenvalue weighted by molar-refractivity contribution is 0.235. The molecule has 28 heavy (non-hydrogen) atoms. The van der Waals surface area contributed by atoms with Crippen molar-refractivity contribution in [1.29, 1.82) is 0 Å². The van der Waals surface area contributed by atoms with Gasteiger partial charge in [-0.25, -0.2) is 12.7 Å². The van der Waals surface area contributed by atoms with Crippen LogP contribution in [0.2, 0.25) is 0 Å². The molecule has 8 heteroatoms. The van der Waals surface area contributed by atoms with Gasteiger partial charge in [0.25, 0.3) is 0 Å². The lowest BCUT2D eigenvalue weighted by Gasteiger charge is -2.39. The number of halogens is 1. The predicted octanol–water partition coefficient (Wildman–Crippen LogP) is 2.98. The molecule has 2 atom stereocenters. The lowest BCUT2D eigenvalue weighted by Crippen LogP contribution is -2.49. The first-order chi connectivity index (χ1) is 12.9. The highest BCUT2D eigenvalue weighted by molar-refractivity contribution is 14.0. The monoisotopic (exact) mass is 522 g/mol. The van der Waals surface area contributed by atoms with E-state index in [1.807, 2.05) is 13.8 Å². The van der Waals surface area contributed by atoms with Gasteiger partial charge in [0.2, 0.25) is 10.0 Å². The maximum Gasteiger partial charge on any atom is 0.215 e. The van der Waals surface area contributed by atoms with Gasteiger partial charge in [-0.2, -0.15) is 0 Å². The van der Waals surface area contributed by atoms with Crippen LogP contribution in [0.5, 0.6) is 0 Å². The average molecular weight is 522 g/mol. The summed E-state index contributed by atoms with van der Waals surface area (Å²) in [5.41, 5.74) is 1.40. The third kappa shape index (κ3) is 6.59. The van der Waals surface area contributed by atoms with E-state index in [9.17, 15) is 8.42 Å². The first-order valence-electron chi connectivity index (χ1n) is 9.91. The lowest BCUT2D eigenvalue weighted by atomic mass is 9.82. The van der Waals surface area contributed by atoms with E-state index in [2.05, 4.69) is 52.5 Å². The van der Waals surface area contributed by atoms with Crippen LogP contribution in [0, 0.1) is 5.92 Å². The molecule has 0 aromatic heterocycles. The summed E-state index contributed by atoms with van der Waals surface area (Å²) in [6.45, 7) is 9.25. The van der Waals surface area contributed by atoms with Crippen LogP contribution < -0.4 is 5.32 Å². The molecule has 1 aromatic rings. The summed E-state index contributed by atoms with van der Waals surface area (Å²) in [7, 11) is -1.46. The van der Waals surface area contributed by atoms with Crippen molar-refractivity contribution >= 4 is 40.0 Å². The Morgan fingerprint density at radius 1 is 1.25 bits per heavy atom. The molecule has 1 aromatic carbocycles. The normalized spacial score (nSPS) is 20.8. The topological polar surface area (TPSA) is 65.0 Å². The minimum Gasteiger partial charge on any atom is -0.355 e. The summed E-state index contributed by atoms with van der Waals surface area (Å²) in [6, 6.07) is 10.7. The zero-order valence-electron chi connectivity index (χ0n) is 17.5. The number of likely N-dealkylation sites (tertiary alicyclic amines) is 1. The Kier molecular flexibility index (Phi) is 10.8. The molecule has 2 unspecified atom stereocenters. The van der Waals surface area contributed by atoms with Crippen LogP contribution in [-0.4, -0.2) is 69.1 Å². The second-order valence-electron chi connectivity index (χ2n) is 7.10. The number of piperidine rings is 1. The molecular weight excluding hydrogens is 487 g/mol. The van der Waals surface area contributed by atoms with Crippen LogP contribution >= 0.6 is 24.0 Å². The van der Waals surface area contributed by atoms with Crippen LogP contribution in [0.15, 0.2) is 35.3 Å². The van der Waals surface area contributed by atoms with Crippen LogP contribution in [-0.2, 0) is 10.0 Å². The molecule has 1 aliphatic heterocycles. The molecule has 1 aliphatic rings. The van der Waals surface area contributed by atoms with Gasteiger partial charge in [-0.15, -0.1) is 24.0 Å². The number of hydrogen-bond acceptors (Lipinski definition) is 3. The zero-order valence-corrected chi connectivity index (χ0v) is 20.6. The summed E-state index contributed by atoms with van der Waals surface area (Å²) < 4.78 is 26.2. The van der Waals surface area contributed by atoms with E-state index in [0.29, 0.717) is 31.5 Å². The smallest absolute Gasteiger partial charge is 0.215 e. The standard InChI is InChI=1S/C20H34N4O2S.HI/c1-5-24(6-2)27(25,26)15-13-22-20(21-4)23-14-12-19(17(3)16-23)18-10-8-7-9-11-18;/h7-11,17,19H,5-6,12-16H2,1-4H3,(H,21,22);1H. The number of hydrogen-bond donors (Lipinski definition) is 1. The van der Waals surface area contributed by atoms with Crippen molar-refractivity contribution in [2.24, 2.45) is 10.9 Å². The molecular formula is C20H35IN4O2S. The van der Waals surface area contributed by atoms with Gasteiger partial charge in [0.15, 0.2) is 5.96 Å². The first-order valence-corrected chi connectivity index (χ1v) is 11.5. The fourth-order valence-corrected chi connectivity index (χ4v) is 5.31. The summed E-state index contributed by atoms with van der Waals surface area (Å²) >= 11 is 0. The van der Waals surface area contributed by atoms with E-state index in [0.717, 1.165) is 25.5 Å². The van der Waals surface area contributed by atoms with E-state index >= 15 is 0 Å². The largest absolute Gasteiger partial charge is 0.355 e. The number of rotatable bonds is 7. The number of guanidine groups is 1. The predicted molar refractivity (Wildman–Crippen MR) is 128 cm³/mol. The van der Waals surface area contributed by atoms with Crippen molar-refractivity contribution in [1.82, 2.24) is 14.5 Å². The van der Waals surface area contributed by atoms with Crippen molar-refractivity contribution in [3.8, 4) is 0 Å². The average Bonchev–Trinajstić information content (AvgIpc) is 2.66. The van der Waals surface area contributed by atoms with Crippen LogP contribution in [0.25, 0.3) is 0 Å². The molecule has 1 N–H and O–H groups in total. The van der Waals surface area contributed by atoms with Gasteiger partial charge in [0.1, 0.15) is 0 Å². The van der Waals surface area contributed by atoms with Gasteiger partial charge in [-0.05, 0) is 23.8 Å². The molecule has 0 amide bonds. The van der Waals surface area contributed by atoms with Gasteiger partial charge in [0, 0.05) is 39.8 Å². The minimum atomic E-state index is -3.22. The van der Waals surface area contributed by atoms with E-state index in [-0.39, 0.29) is 29.7 Å². The Labute approximate surface area is 187 Å². The molecule has 2 rings (SSSR count). The Balaban J connectivity index is 0.00000392. The molecule has 0 bridgehead atoms. The number of benzene rings is 1. The second-order valence-corrected chi connectivity index (χ2v) is 9.19. The third-order valence-electron chi connectivity index (χ3n) is 5.39. The molecule has 1 fully saturated rings. The molecule has 1 heterocycles. The van der Waals surface area contributed by atoms with Gasteiger partial charge >= 0.3 is 0 Å². The Morgan fingerprint density at radius 2 is 1.89 bits per heavy atom. The van der Waals surface area contributed by atoms with Crippen LogP contribution in [0.4, 0.5) is 0 Å². The Morgan fingerprint density at radius 3 is 2.43 bits per heavy atom. The van der Waals surface area contributed by atoms with Gasteiger partial charge in [0.05, 0.1) is 5.75 Å². The zero-order chi connectivity index (χ0) is 19.9. The fourth-order valence-electron chi connectivity index (χ4n) is 3.90. The highest BCUT2D eigenvalue weighted by atomic mass is 127. The van der Waals surface area contributed by atoms with E-state index in [1.54, 1.807) is 7.05 Å². The summed E-state index contributed by atoms with van der Waals surface area (Å²) in [5.74, 6) is 1.95. The molecule has 6 nitrogen and oxygen atoms in total. The minimum absolute atomic E-state index is 0. The number of nitrogens with zero attached hydrogens (tertiary/aromatic N) is 3. The van der Waals surface area contributed by atoms with Crippen molar-refractivity contribution in [2.75, 3.05) is 45.5 Å². The molecule has 0 aliphatic carbocycles. The van der Waals surface area contributed by atoms with Crippen molar-refractivity contribution in [3.63, 3.8) is 0 Å². The van der Waals surface area contributed by atoms with E-state index in [1.165, 1.54) is 9.87 Å². The SMILES string of the molecule is CCN(CC)S(=O)(=O)CCNC(=NC)N1CCC(c2ccccc2)C(C)C1.I.